The lowest BCUT2D eigenvalue weighted by Crippen LogP contribution is -2.49. The van der Waals surface area contributed by atoms with Crippen LogP contribution in [-0.2, 0) is 0 Å². The molecular formula is C13H24OS. The SMILES string of the molecule is CC1CCCC(C2(O)CCCSC2C)C1. The molecule has 0 aromatic carbocycles. The smallest absolute Gasteiger partial charge is 0.0791 e. The number of rotatable bonds is 1. The van der Waals surface area contributed by atoms with Gasteiger partial charge in [0.1, 0.15) is 0 Å². The molecule has 1 nitrogen and oxygen atoms in total. The minimum atomic E-state index is -0.350. The number of hydrogen-bond donors (Lipinski definition) is 1. The third kappa shape index (κ3) is 2.36. The lowest BCUT2D eigenvalue weighted by molar-refractivity contribution is -0.0478. The van der Waals surface area contributed by atoms with Gasteiger partial charge < -0.3 is 5.11 Å². The fraction of sp³-hybridized carbons (Fsp3) is 1.00. The maximum atomic E-state index is 10.9. The largest absolute Gasteiger partial charge is 0.388 e. The summed E-state index contributed by atoms with van der Waals surface area (Å²) in [5, 5.41) is 11.3. The van der Waals surface area contributed by atoms with E-state index in [2.05, 4.69) is 13.8 Å². The van der Waals surface area contributed by atoms with Crippen molar-refractivity contribution in [3.63, 3.8) is 0 Å². The fourth-order valence-electron chi connectivity index (χ4n) is 3.39. The van der Waals surface area contributed by atoms with E-state index in [4.69, 9.17) is 0 Å². The van der Waals surface area contributed by atoms with E-state index in [1.54, 1.807) is 0 Å². The van der Waals surface area contributed by atoms with Crippen LogP contribution in [0.15, 0.2) is 0 Å². The Morgan fingerprint density at radius 2 is 2.00 bits per heavy atom. The molecular weight excluding hydrogens is 204 g/mol. The quantitative estimate of drug-likeness (QED) is 0.741. The second-order valence-electron chi connectivity index (χ2n) is 5.58. The molecule has 0 aromatic rings. The van der Waals surface area contributed by atoms with Crippen LogP contribution in [0.5, 0.6) is 0 Å². The van der Waals surface area contributed by atoms with Crippen molar-refractivity contribution in [2.24, 2.45) is 11.8 Å². The van der Waals surface area contributed by atoms with Crippen molar-refractivity contribution < 1.29 is 5.11 Å². The van der Waals surface area contributed by atoms with E-state index in [0.717, 1.165) is 12.3 Å². The summed E-state index contributed by atoms with van der Waals surface area (Å²) in [7, 11) is 0. The third-order valence-corrected chi connectivity index (χ3v) is 5.87. The van der Waals surface area contributed by atoms with Gasteiger partial charge in [0.15, 0.2) is 0 Å². The molecule has 88 valence electrons. The zero-order valence-corrected chi connectivity index (χ0v) is 10.9. The van der Waals surface area contributed by atoms with E-state index in [9.17, 15) is 5.11 Å². The molecule has 0 amide bonds. The molecule has 1 heterocycles. The predicted molar refractivity (Wildman–Crippen MR) is 67.2 cm³/mol. The van der Waals surface area contributed by atoms with Gasteiger partial charge in [-0.25, -0.2) is 0 Å². The zero-order valence-electron chi connectivity index (χ0n) is 10.0. The van der Waals surface area contributed by atoms with Crippen LogP contribution in [0.1, 0.15) is 52.4 Å². The Labute approximate surface area is 98.0 Å². The Morgan fingerprint density at radius 1 is 1.20 bits per heavy atom. The van der Waals surface area contributed by atoms with Crippen molar-refractivity contribution >= 4 is 11.8 Å². The lowest BCUT2D eigenvalue weighted by atomic mass is 9.70. The molecule has 4 unspecified atom stereocenters. The highest BCUT2D eigenvalue weighted by Crippen LogP contribution is 2.45. The van der Waals surface area contributed by atoms with Gasteiger partial charge in [-0.2, -0.15) is 11.8 Å². The van der Waals surface area contributed by atoms with E-state index in [0.29, 0.717) is 11.2 Å². The van der Waals surface area contributed by atoms with Crippen molar-refractivity contribution in [1.29, 1.82) is 0 Å². The van der Waals surface area contributed by atoms with Crippen LogP contribution >= 0.6 is 11.8 Å². The Bertz CT molecular complexity index is 219. The first-order valence-electron chi connectivity index (χ1n) is 6.47. The molecule has 0 aromatic heterocycles. The van der Waals surface area contributed by atoms with E-state index < -0.39 is 0 Å². The van der Waals surface area contributed by atoms with Gasteiger partial charge in [-0.15, -0.1) is 0 Å². The maximum absolute atomic E-state index is 10.9. The van der Waals surface area contributed by atoms with Crippen molar-refractivity contribution in [2.75, 3.05) is 5.75 Å². The summed E-state index contributed by atoms with van der Waals surface area (Å²) in [5.41, 5.74) is -0.350. The molecule has 1 aliphatic heterocycles. The molecule has 2 aliphatic rings. The molecule has 0 spiro atoms. The second kappa shape index (κ2) is 4.67. The normalized spacial score (nSPS) is 47.8. The number of thioether (sulfide) groups is 1. The summed E-state index contributed by atoms with van der Waals surface area (Å²) in [6.07, 6.45) is 7.45. The molecule has 2 rings (SSSR count). The van der Waals surface area contributed by atoms with Crippen molar-refractivity contribution in [1.82, 2.24) is 0 Å². The summed E-state index contributed by atoms with van der Waals surface area (Å²) in [5.74, 6) is 2.64. The standard InChI is InChI=1S/C13H24OS/c1-10-5-3-6-12(9-10)13(14)7-4-8-15-11(13)2/h10-12,14H,3-9H2,1-2H3. The summed E-state index contributed by atoms with van der Waals surface area (Å²) in [4.78, 5) is 0. The predicted octanol–water partition coefficient (Wildman–Crippen LogP) is 3.46. The summed E-state index contributed by atoms with van der Waals surface area (Å²) in [6, 6.07) is 0. The van der Waals surface area contributed by atoms with Crippen LogP contribution in [0.4, 0.5) is 0 Å². The van der Waals surface area contributed by atoms with E-state index >= 15 is 0 Å². The van der Waals surface area contributed by atoms with Crippen LogP contribution in [0.25, 0.3) is 0 Å². The van der Waals surface area contributed by atoms with Crippen molar-refractivity contribution in [3.05, 3.63) is 0 Å². The minimum absolute atomic E-state index is 0.350. The molecule has 0 bridgehead atoms. The van der Waals surface area contributed by atoms with E-state index in [1.807, 2.05) is 11.8 Å². The minimum Gasteiger partial charge on any atom is -0.388 e. The second-order valence-corrected chi connectivity index (χ2v) is 7.03. The van der Waals surface area contributed by atoms with Crippen LogP contribution in [0.2, 0.25) is 0 Å². The highest BCUT2D eigenvalue weighted by molar-refractivity contribution is 8.00. The Morgan fingerprint density at radius 3 is 2.67 bits per heavy atom. The molecule has 2 fully saturated rings. The molecule has 4 atom stereocenters. The van der Waals surface area contributed by atoms with Gasteiger partial charge in [-0.3, -0.25) is 0 Å². The van der Waals surface area contributed by atoms with E-state index in [1.165, 1.54) is 37.9 Å². The van der Waals surface area contributed by atoms with Crippen LogP contribution in [0.3, 0.4) is 0 Å². The molecule has 1 aliphatic carbocycles. The van der Waals surface area contributed by atoms with Gasteiger partial charge in [0.25, 0.3) is 0 Å². The highest BCUT2D eigenvalue weighted by Gasteiger charge is 2.44. The first-order valence-corrected chi connectivity index (χ1v) is 7.52. The molecule has 15 heavy (non-hydrogen) atoms. The molecule has 2 heteroatoms. The first-order chi connectivity index (χ1) is 7.13. The van der Waals surface area contributed by atoms with Gasteiger partial charge in [-0.05, 0) is 43.3 Å². The summed E-state index contributed by atoms with van der Waals surface area (Å²) >= 11 is 1.97. The fourth-order valence-corrected chi connectivity index (χ4v) is 4.65. The zero-order chi connectivity index (χ0) is 10.9. The average Bonchev–Trinajstić information content (AvgIpc) is 2.23. The van der Waals surface area contributed by atoms with Gasteiger partial charge in [-0.1, -0.05) is 26.7 Å². The van der Waals surface area contributed by atoms with Gasteiger partial charge >= 0.3 is 0 Å². The molecule has 0 radical (unpaired) electrons. The Balaban J connectivity index is 2.05. The number of aliphatic hydroxyl groups is 1. The maximum Gasteiger partial charge on any atom is 0.0791 e. The van der Waals surface area contributed by atoms with Crippen molar-refractivity contribution in [2.45, 2.75) is 63.2 Å². The summed E-state index contributed by atoms with van der Waals surface area (Å²) in [6.45, 7) is 4.57. The van der Waals surface area contributed by atoms with Gasteiger partial charge in [0.2, 0.25) is 0 Å². The Kier molecular flexibility index (Phi) is 3.67. The van der Waals surface area contributed by atoms with E-state index in [-0.39, 0.29) is 5.60 Å². The van der Waals surface area contributed by atoms with Crippen LogP contribution in [-0.4, -0.2) is 21.7 Å². The van der Waals surface area contributed by atoms with Crippen LogP contribution < -0.4 is 0 Å². The monoisotopic (exact) mass is 228 g/mol. The van der Waals surface area contributed by atoms with Crippen LogP contribution in [0, 0.1) is 11.8 Å². The van der Waals surface area contributed by atoms with Gasteiger partial charge in [0.05, 0.1) is 5.60 Å². The molecule has 1 saturated carbocycles. The third-order valence-electron chi connectivity index (χ3n) is 4.44. The average molecular weight is 228 g/mol. The lowest BCUT2D eigenvalue weighted by Gasteiger charge is -2.46. The highest BCUT2D eigenvalue weighted by atomic mass is 32.2. The number of hydrogen-bond acceptors (Lipinski definition) is 2. The molecule has 1 saturated heterocycles. The van der Waals surface area contributed by atoms with Gasteiger partial charge in [0, 0.05) is 5.25 Å². The van der Waals surface area contributed by atoms with Crippen molar-refractivity contribution in [3.8, 4) is 0 Å². The Hall–Kier alpha value is 0.310. The molecule has 1 N–H and O–H groups in total. The summed E-state index contributed by atoms with van der Waals surface area (Å²) < 4.78 is 0. The topological polar surface area (TPSA) is 20.2 Å². The first kappa shape index (κ1) is 11.8.